The number of nitrogens with zero attached hydrogens (tertiary/aromatic N) is 2. The van der Waals surface area contributed by atoms with Crippen molar-refractivity contribution in [3.8, 4) is 11.5 Å². The van der Waals surface area contributed by atoms with Crippen LogP contribution in [-0.2, 0) is 9.53 Å². The van der Waals surface area contributed by atoms with Gasteiger partial charge in [0.15, 0.2) is 17.6 Å². The van der Waals surface area contributed by atoms with Gasteiger partial charge in [-0.15, -0.1) is 0 Å². The molecule has 0 spiro atoms. The van der Waals surface area contributed by atoms with Crippen LogP contribution in [0.15, 0.2) is 47.6 Å². The Bertz CT molecular complexity index is 863. The molecule has 1 aliphatic rings. The van der Waals surface area contributed by atoms with E-state index in [1.807, 2.05) is 49.4 Å². The minimum atomic E-state index is -0.668. The van der Waals surface area contributed by atoms with Crippen molar-refractivity contribution >= 4 is 11.6 Å². The molecular formula is C21H24N2O4. The van der Waals surface area contributed by atoms with Gasteiger partial charge in [-0.25, -0.2) is 5.01 Å². The molecule has 0 bridgehead atoms. The van der Waals surface area contributed by atoms with Gasteiger partial charge in [0.05, 0.1) is 26.5 Å². The number of aryl methyl sites for hydroxylation is 1. The lowest BCUT2D eigenvalue weighted by molar-refractivity contribution is -0.141. The molecule has 0 saturated carbocycles. The van der Waals surface area contributed by atoms with Gasteiger partial charge in [-0.3, -0.25) is 4.79 Å². The molecule has 142 valence electrons. The standard InChI is InChI=1S/C21H24N2O4/c1-14-6-5-7-16(12-14)20(27-4)21(24)23-11-10-17(22-23)15-8-9-18(25-2)19(13-15)26-3/h5-9,12-13,20H,10-11H2,1-4H3. The molecule has 1 aliphatic heterocycles. The molecular weight excluding hydrogens is 344 g/mol. The van der Waals surface area contributed by atoms with Gasteiger partial charge in [-0.1, -0.05) is 29.8 Å². The number of ether oxygens (including phenoxy) is 3. The van der Waals surface area contributed by atoms with E-state index in [1.165, 1.54) is 5.01 Å². The van der Waals surface area contributed by atoms with E-state index in [1.54, 1.807) is 21.3 Å². The SMILES string of the molecule is COc1ccc(C2=NN(C(=O)C(OC)c3cccc(C)c3)CC2)cc1OC. The second kappa shape index (κ2) is 8.22. The molecule has 0 aliphatic carbocycles. The molecule has 1 heterocycles. The number of hydrogen-bond donors (Lipinski definition) is 0. The van der Waals surface area contributed by atoms with Crippen molar-refractivity contribution in [2.24, 2.45) is 5.10 Å². The number of hydrazone groups is 1. The first-order valence-electron chi connectivity index (χ1n) is 8.78. The molecule has 6 nitrogen and oxygen atoms in total. The Labute approximate surface area is 159 Å². The third-order valence-corrected chi connectivity index (χ3v) is 4.58. The number of rotatable bonds is 6. The highest BCUT2D eigenvalue weighted by Crippen LogP contribution is 2.30. The molecule has 6 heteroatoms. The highest BCUT2D eigenvalue weighted by Gasteiger charge is 2.29. The maximum Gasteiger partial charge on any atom is 0.276 e. The molecule has 1 atom stereocenters. The lowest BCUT2D eigenvalue weighted by Crippen LogP contribution is -2.30. The van der Waals surface area contributed by atoms with Gasteiger partial charge >= 0.3 is 0 Å². The second-order valence-electron chi connectivity index (χ2n) is 6.36. The molecule has 0 aromatic heterocycles. The predicted octanol–water partition coefficient (Wildman–Crippen LogP) is 3.34. The molecule has 27 heavy (non-hydrogen) atoms. The average Bonchev–Trinajstić information content (AvgIpc) is 3.18. The van der Waals surface area contributed by atoms with Crippen molar-refractivity contribution < 1.29 is 19.0 Å². The number of hydrogen-bond acceptors (Lipinski definition) is 5. The van der Waals surface area contributed by atoms with Gasteiger partial charge in [-0.2, -0.15) is 5.10 Å². The number of carbonyl (C=O) groups is 1. The minimum absolute atomic E-state index is 0.168. The summed E-state index contributed by atoms with van der Waals surface area (Å²) in [5.41, 5.74) is 3.66. The first kappa shape index (κ1) is 18.9. The lowest BCUT2D eigenvalue weighted by atomic mass is 10.1. The van der Waals surface area contributed by atoms with E-state index < -0.39 is 6.10 Å². The van der Waals surface area contributed by atoms with E-state index in [0.717, 1.165) is 22.4 Å². The first-order valence-corrected chi connectivity index (χ1v) is 8.78. The fourth-order valence-electron chi connectivity index (χ4n) is 3.18. The summed E-state index contributed by atoms with van der Waals surface area (Å²) in [6, 6.07) is 13.4. The fourth-order valence-corrected chi connectivity index (χ4v) is 3.18. The van der Waals surface area contributed by atoms with Crippen LogP contribution in [0.5, 0.6) is 11.5 Å². The zero-order chi connectivity index (χ0) is 19.4. The van der Waals surface area contributed by atoms with Crippen molar-refractivity contribution in [1.29, 1.82) is 0 Å². The molecule has 0 fully saturated rings. The van der Waals surface area contributed by atoms with Crippen LogP contribution in [0.4, 0.5) is 0 Å². The van der Waals surface area contributed by atoms with E-state index in [0.29, 0.717) is 24.5 Å². The van der Waals surface area contributed by atoms with Crippen LogP contribution in [0.1, 0.15) is 29.2 Å². The highest BCUT2D eigenvalue weighted by molar-refractivity contribution is 6.03. The zero-order valence-electron chi connectivity index (χ0n) is 16.1. The summed E-state index contributed by atoms with van der Waals surface area (Å²) < 4.78 is 16.1. The predicted molar refractivity (Wildman–Crippen MR) is 103 cm³/mol. The van der Waals surface area contributed by atoms with E-state index >= 15 is 0 Å². The molecule has 2 aromatic carbocycles. The van der Waals surface area contributed by atoms with Gasteiger partial charge in [0.1, 0.15) is 0 Å². The molecule has 0 saturated heterocycles. The maximum absolute atomic E-state index is 12.9. The van der Waals surface area contributed by atoms with Crippen LogP contribution in [0, 0.1) is 6.92 Å². The van der Waals surface area contributed by atoms with E-state index in [2.05, 4.69) is 5.10 Å². The smallest absolute Gasteiger partial charge is 0.276 e. The first-order chi connectivity index (χ1) is 13.1. The van der Waals surface area contributed by atoms with Crippen LogP contribution in [0.2, 0.25) is 0 Å². The summed E-state index contributed by atoms with van der Waals surface area (Å²) in [7, 11) is 4.74. The van der Waals surface area contributed by atoms with Gasteiger partial charge in [0, 0.05) is 19.1 Å². The molecule has 2 aromatic rings. The van der Waals surface area contributed by atoms with Gasteiger partial charge in [0.2, 0.25) is 0 Å². The average molecular weight is 368 g/mol. The Morgan fingerprint density at radius 2 is 1.85 bits per heavy atom. The highest BCUT2D eigenvalue weighted by atomic mass is 16.5. The molecule has 0 N–H and O–H groups in total. The third-order valence-electron chi connectivity index (χ3n) is 4.58. The van der Waals surface area contributed by atoms with Crippen LogP contribution in [0.25, 0.3) is 0 Å². The number of benzene rings is 2. The largest absolute Gasteiger partial charge is 0.493 e. The van der Waals surface area contributed by atoms with Crippen molar-refractivity contribution in [2.45, 2.75) is 19.4 Å². The van der Waals surface area contributed by atoms with Crippen LogP contribution in [0.3, 0.4) is 0 Å². The summed E-state index contributed by atoms with van der Waals surface area (Å²) in [6.07, 6.45) is 0.00395. The monoisotopic (exact) mass is 368 g/mol. The van der Waals surface area contributed by atoms with Crippen molar-refractivity contribution in [1.82, 2.24) is 5.01 Å². The quantitative estimate of drug-likeness (QED) is 0.785. The Hall–Kier alpha value is -2.86. The zero-order valence-corrected chi connectivity index (χ0v) is 16.1. The summed E-state index contributed by atoms with van der Waals surface area (Å²) in [6.45, 7) is 2.51. The second-order valence-corrected chi connectivity index (χ2v) is 6.36. The summed E-state index contributed by atoms with van der Waals surface area (Å²) in [4.78, 5) is 12.9. The number of amides is 1. The van der Waals surface area contributed by atoms with Gasteiger partial charge in [0.25, 0.3) is 5.91 Å². The summed E-state index contributed by atoms with van der Waals surface area (Å²) in [5.74, 6) is 1.13. The van der Waals surface area contributed by atoms with E-state index in [-0.39, 0.29) is 5.91 Å². The summed E-state index contributed by atoms with van der Waals surface area (Å²) in [5, 5.41) is 6.02. The summed E-state index contributed by atoms with van der Waals surface area (Å²) >= 11 is 0. The van der Waals surface area contributed by atoms with Gasteiger partial charge < -0.3 is 14.2 Å². The number of carbonyl (C=O) groups excluding carboxylic acids is 1. The van der Waals surface area contributed by atoms with Crippen LogP contribution < -0.4 is 9.47 Å². The number of methoxy groups -OCH3 is 3. The third kappa shape index (κ3) is 3.95. The minimum Gasteiger partial charge on any atom is -0.493 e. The van der Waals surface area contributed by atoms with E-state index in [4.69, 9.17) is 14.2 Å². The molecule has 0 radical (unpaired) electrons. The van der Waals surface area contributed by atoms with Crippen molar-refractivity contribution in [2.75, 3.05) is 27.9 Å². The Morgan fingerprint density at radius 1 is 1.07 bits per heavy atom. The Kier molecular flexibility index (Phi) is 5.76. The van der Waals surface area contributed by atoms with Crippen LogP contribution in [-0.4, -0.2) is 44.5 Å². The molecule has 1 amide bonds. The van der Waals surface area contributed by atoms with Crippen LogP contribution >= 0.6 is 0 Å². The van der Waals surface area contributed by atoms with Gasteiger partial charge in [-0.05, 0) is 30.7 Å². The Balaban J connectivity index is 1.83. The Morgan fingerprint density at radius 3 is 2.52 bits per heavy atom. The molecule has 3 rings (SSSR count). The normalized spacial score (nSPS) is 14.7. The van der Waals surface area contributed by atoms with E-state index in [9.17, 15) is 4.79 Å². The maximum atomic E-state index is 12.9. The van der Waals surface area contributed by atoms with Crippen molar-refractivity contribution in [3.63, 3.8) is 0 Å². The molecule has 1 unspecified atom stereocenters. The fraction of sp³-hybridized carbons (Fsp3) is 0.333. The lowest BCUT2D eigenvalue weighted by Gasteiger charge is -2.20. The van der Waals surface area contributed by atoms with Crippen molar-refractivity contribution in [3.05, 3.63) is 59.2 Å². The topological polar surface area (TPSA) is 60.4 Å².